The highest BCUT2D eigenvalue weighted by atomic mass is 16.3. The molecule has 0 amide bonds. The highest BCUT2D eigenvalue weighted by Crippen LogP contribution is 2.32. The number of aliphatic hydroxyl groups is 1. The highest BCUT2D eigenvalue weighted by Gasteiger charge is 2.28. The third-order valence-corrected chi connectivity index (χ3v) is 4.70. The summed E-state index contributed by atoms with van der Waals surface area (Å²) in [6, 6.07) is 11.2. The van der Waals surface area contributed by atoms with Crippen LogP contribution in [0.15, 0.2) is 30.3 Å². The molecule has 1 aliphatic carbocycles. The maximum atomic E-state index is 9.32. The van der Waals surface area contributed by atoms with E-state index in [1.807, 2.05) is 0 Å². The average molecular weight is 261 g/mol. The minimum atomic E-state index is 0.257. The van der Waals surface area contributed by atoms with Crippen molar-refractivity contribution < 1.29 is 5.11 Å². The van der Waals surface area contributed by atoms with Gasteiger partial charge in [-0.3, -0.25) is 4.90 Å². The van der Waals surface area contributed by atoms with E-state index in [9.17, 15) is 5.11 Å². The van der Waals surface area contributed by atoms with Gasteiger partial charge in [-0.1, -0.05) is 44.2 Å². The fourth-order valence-electron chi connectivity index (χ4n) is 3.19. The van der Waals surface area contributed by atoms with Crippen LogP contribution in [0, 0.1) is 11.8 Å². The molecule has 0 bridgehead atoms. The average Bonchev–Trinajstić information content (AvgIpc) is 2.43. The van der Waals surface area contributed by atoms with E-state index in [0.29, 0.717) is 6.04 Å². The molecule has 19 heavy (non-hydrogen) atoms. The van der Waals surface area contributed by atoms with Gasteiger partial charge in [-0.15, -0.1) is 0 Å². The molecule has 3 unspecified atom stereocenters. The minimum absolute atomic E-state index is 0.257. The van der Waals surface area contributed by atoms with E-state index in [-0.39, 0.29) is 6.61 Å². The Balaban J connectivity index is 1.99. The Bertz CT molecular complexity index is 365. The maximum absolute atomic E-state index is 9.32. The molecule has 3 atom stereocenters. The van der Waals surface area contributed by atoms with Gasteiger partial charge in [-0.05, 0) is 36.7 Å². The van der Waals surface area contributed by atoms with Crippen LogP contribution in [0.2, 0.25) is 0 Å². The molecule has 0 spiro atoms. The van der Waals surface area contributed by atoms with Crippen molar-refractivity contribution >= 4 is 0 Å². The third-order valence-electron chi connectivity index (χ3n) is 4.70. The number of benzene rings is 1. The van der Waals surface area contributed by atoms with E-state index < -0.39 is 0 Å². The number of aliphatic hydroxyl groups excluding tert-OH is 1. The lowest BCUT2D eigenvalue weighted by Gasteiger charge is -2.39. The van der Waals surface area contributed by atoms with Crippen LogP contribution in [0.5, 0.6) is 0 Å². The van der Waals surface area contributed by atoms with Gasteiger partial charge >= 0.3 is 0 Å². The Kier molecular flexibility index (Phi) is 5.41. The van der Waals surface area contributed by atoms with Gasteiger partial charge in [0.15, 0.2) is 0 Å². The Labute approximate surface area is 117 Å². The SMILES string of the molecule is CC1CCC(N(CCO)Cc2ccccc2)CC1C. The van der Waals surface area contributed by atoms with Gasteiger partial charge in [0.25, 0.3) is 0 Å². The second-order valence-corrected chi connectivity index (χ2v) is 6.10. The normalized spacial score (nSPS) is 27.7. The summed E-state index contributed by atoms with van der Waals surface area (Å²) in [5.74, 6) is 1.65. The van der Waals surface area contributed by atoms with Crippen molar-refractivity contribution in [3.63, 3.8) is 0 Å². The Morgan fingerprint density at radius 3 is 2.47 bits per heavy atom. The van der Waals surface area contributed by atoms with Gasteiger partial charge in [0.2, 0.25) is 0 Å². The number of hydrogen-bond donors (Lipinski definition) is 1. The zero-order valence-electron chi connectivity index (χ0n) is 12.3. The summed E-state index contributed by atoms with van der Waals surface area (Å²) in [7, 11) is 0. The first-order valence-corrected chi connectivity index (χ1v) is 7.59. The zero-order chi connectivity index (χ0) is 13.7. The molecular formula is C17H27NO. The Morgan fingerprint density at radius 2 is 1.84 bits per heavy atom. The lowest BCUT2D eigenvalue weighted by Crippen LogP contribution is -2.41. The molecule has 106 valence electrons. The molecular weight excluding hydrogens is 234 g/mol. The predicted molar refractivity (Wildman–Crippen MR) is 79.9 cm³/mol. The molecule has 0 saturated heterocycles. The Morgan fingerprint density at radius 1 is 1.11 bits per heavy atom. The summed E-state index contributed by atoms with van der Waals surface area (Å²) in [4.78, 5) is 2.47. The van der Waals surface area contributed by atoms with Gasteiger partial charge < -0.3 is 5.11 Å². The molecule has 0 heterocycles. The lowest BCUT2D eigenvalue weighted by molar-refractivity contribution is 0.0842. The molecule has 1 aromatic carbocycles. The second-order valence-electron chi connectivity index (χ2n) is 6.10. The summed E-state index contributed by atoms with van der Waals surface area (Å²) < 4.78 is 0. The highest BCUT2D eigenvalue weighted by molar-refractivity contribution is 5.14. The Hall–Kier alpha value is -0.860. The van der Waals surface area contributed by atoms with Gasteiger partial charge in [0.1, 0.15) is 0 Å². The molecule has 1 fully saturated rings. The quantitative estimate of drug-likeness (QED) is 0.879. The molecule has 1 aliphatic rings. The molecule has 0 aliphatic heterocycles. The predicted octanol–water partition coefficient (Wildman–Crippen LogP) is 3.31. The van der Waals surface area contributed by atoms with E-state index in [1.165, 1.54) is 24.8 Å². The van der Waals surface area contributed by atoms with E-state index >= 15 is 0 Å². The molecule has 1 N–H and O–H groups in total. The van der Waals surface area contributed by atoms with Crippen molar-refractivity contribution in [3.05, 3.63) is 35.9 Å². The largest absolute Gasteiger partial charge is 0.395 e. The first-order valence-electron chi connectivity index (χ1n) is 7.59. The summed E-state index contributed by atoms with van der Waals surface area (Å²) in [6.07, 6.45) is 3.87. The summed E-state index contributed by atoms with van der Waals surface area (Å²) >= 11 is 0. The van der Waals surface area contributed by atoms with E-state index in [2.05, 4.69) is 49.1 Å². The molecule has 0 aromatic heterocycles. The molecule has 1 saturated carbocycles. The molecule has 2 rings (SSSR count). The summed E-state index contributed by atoms with van der Waals surface area (Å²) in [5, 5.41) is 9.32. The van der Waals surface area contributed by atoms with Gasteiger partial charge in [0.05, 0.1) is 6.61 Å². The van der Waals surface area contributed by atoms with Crippen LogP contribution in [0.3, 0.4) is 0 Å². The van der Waals surface area contributed by atoms with Crippen LogP contribution < -0.4 is 0 Å². The third kappa shape index (κ3) is 4.05. The maximum Gasteiger partial charge on any atom is 0.0558 e. The summed E-state index contributed by atoms with van der Waals surface area (Å²) in [6.45, 7) is 6.76. The van der Waals surface area contributed by atoms with E-state index in [0.717, 1.165) is 24.9 Å². The number of nitrogens with zero attached hydrogens (tertiary/aromatic N) is 1. The van der Waals surface area contributed by atoms with Gasteiger partial charge in [0, 0.05) is 19.1 Å². The van der Waals surface area contributed by atoms with Gasteiger partial charge in [-0.2, -0.15) is 0 Å². The molecule has 2 nitrogen and oxygen atoms in total. The van der Waals surface area contributed by atoms with E-state index in [1.54, 1.807) is 0 Å². The minimum Gasteiger partial charge on any atom is -0.395 e. The van der Waals surface area contributed by atoms with Crippen LogP contribution in [0.25, 0.3) is 0 Å². The van der Waals surface area contributed by atoms with Crippen molar-refractivity contribution in [1.29, 1.82) is 0 Å². The van der Waals surface area contributed by atoms with Crippen molar-refractivity contribution in [2.45, 2.75) is 45.7 Å². The second kappa shape index (κ2) is 7.06. The topological polar surface area (TPSA) is 23.5 Å². The number of hydrogen-bond acceptors (Lipinski definition) is 2. The fraction of sp³-hybridized carbons (Fsp3) is 0.647. The van der Waals surface area contributed by atoms with Crippen LogP contribution in [0.1, 0.15) is 38.7 Å². The van der Waals surface area contributed by atoms with E-state index in [4.69, 9.17) is 0 Å². The van der Waals surface area contributed by atoms with Crippen molar-refractivity contribution in [1.82, 2.24) is 4.90 Å². The van der Waals surface area contributed by atoms with Crippen LogP contribution >= 0.6 is 0 Å². The molecule has 0 radical (unpaired) electrons. The monoisotopic (exact) mass is 261 g/mol. The van der Waals surface area contributed by atoms with Crippen LogP contribution in [-0.2, 0) is 6.54 Å². The fourth-order valence-corrected chi connectivity index (χ4v) is 3.19. The molecule has 2 heteroatoms. The first-order chi connectivity index (χ1) is 9.20. The molecule has 1 aromatic rings. The van der Waals surface area contributed by atoms with Crippen LogP contribution in [0.4, 0.5) is 0 Å². The zero-order valence-corrected chi connectivity index (χ0v) is 12.3. The van der Waals surface area contributed by atoms with Crippen LogP contribution in [-0.4, -0.2) is 29.2 Å². The summed E-state index contributed by atoms with van der Waals surface area (Å²) in [5.41, 5.74) is 1.35. The first kappa shape index (κ1) is 14.5. The smallest absolute Gasteiger partial charge is 0.0558 e. The standard InChI is InChI=1S/C17H27NO/c1-14-8-9-17(12-15(14)2)18(10-11-19)13-16-6-4-3-5-7-16/h3-7,14-15,17,19H,8-13H2,1-2H3. The number of rotatable bonds is 5. The van der Waals surface area contributed by atoms with Crippen molar-refractivity contribution in [3.8, 4) is 0 Å². The van der Waals surface area contributed by atoms with Crippen molar-refractivity contribution in [2.24, 2.45) is 11.8 Å². The van der Waals surface area contributed by atoms with Gasteiger partial charge in [-0.25, -0.2) is 0 Å². The van der Waals surface area contributed by atoms with Crippen molar-refractivity contribution in [2.75, 3.05) is 13.2 Å². The lowest BCUT2D eigenvalue weighted by atomic mass is 9.78.